The highest BCUT2D eigenvalue weighted by Gasteiger charge is 2.07. The highest BCUT2D eigenvalue weighted by Crippen LogP contribution is 2.29. The number of hydrogen-bond donors (Lipinski definition) is 1. The van der Waals surface area contributed by atoms with Crippen molar-refractivity contribution in [1.82, 2.24) is 0 Å². The van der Waals surface area contributed by atoms with Crippen LogP contribution in [0.25, 0.3) is 0 Å². The predicted molar refractivity (Wildman–Crippen MR) is 71.5 cm³/mol. The van der Waals surface area contributed by atoms with E-state index in [0.717, 1.165) is 0 Å². The molecule has 2 aromatic carbocycles. The molecule has 0 aliphatic carbocycles. The van der Waals surface area contributed by atoms with Crippen LogP contribution in [0.1, 0.15) is 11.1 Å². The van der Waals surface area contributed by atoms with Crippen LogP contribution in [0.5, 0.6) is 0 Å². The first-order chi connectivity index (χ1) is 9.10. The Morgan fingerprint density at radius 2 is 1.95 bits per heavy atom. The fraction of sp³-hybridized carbons (Fsp3) is 0.0714. The van der Waals surface area contributed by atoms with E-state index in [4.69, 9.17) is 11.0 Å². The number of rotatable bonds is 3. The van der Waals surface area contributed by atoms with E-state index in [9.17, 15) is 8.78 Å². The van der Waals surface area contributed by atoms with Gasteiger partial charge in [-0.25, -0.2) is 8.78 Å². The molecule has 96 valence electrons. The summed E-state index contributed by atoms with van der Waals surface area (Å²) >= 11 is 1.23. The van der Waals surface area contributed by atoms with Gasteiger partial charge >= 0.3 is 0 Å². The molecule has 0 spiro atoms. The number of nitrogens with two attached hydrogens (primary N) is 1. The molecule has 0 saturated heterocycles. The average molecular weight is 276 g/mol. The Balaban J connectivity index is 2.19. The molecule has 0 heterocycles. The standard InChI is InChI=1S/C14H10F2N2S/c15-11-2-4-13(18)14(6-11)19-8-10-5-9(7-17)1-3-12(10)16/h1-6H,8,18H2. The van der Waals surface area contributed by atoms with Gasteiger partial charge in [-0.15, -0.1) is 11.8 Å². The second-order valence-corrected chi connectivity index (χ2v) is 4.91. The minimum absolute atomic E-state index is 0.287. The van der Waals surface area contributed by atoms with Gasteiger partial charge in [-0.05, 0) is 42.0 Å². The van der Waals surface area contributed by atoms with E-state index < -0.39 is 0 Å². The minimum atomic E-state index is -0.388. The summed E-state index contributed by atoms with van der Waals surface area (Å²) in [7, 11) is 0. The van der Waals surface area contributed by atoms with Crippen LogP contribution in [0.4, 0.5) is 14.5 Å². The molecule has 0 unspecified atom stereocenters. The van der Waals surface area contributed by atoms with Gasteiger partial charge in [-0.3, -0.25) is 0 Å². The second-order valence-electron chi connectivity index (χ2n) is 3.89. The number of benzene rings is 2. The van der Waals surface area contributed by atoms with Gasteiger partial charge in [0.1, 0.15) is 11.6 Å². The maximum Gasteiger partial charge on any atom is 0.127 e. The lowest BCUT2D eigenvalue weighted by Crippen LogP contribution is -1.92. The second kappa shape index (κ2) is 5.72. The predicted octanol–water partition coefficient (Wildman–Crippen LogP) is 3.71. The fourth-order valence-corrected chi connectivity index (χ4v) is 2.51. The quantitative estimate of drug-likeness (QED) is 0.686. The average Bonchev–Trinajstić information content (AvgIpc) is 2.41. The van der Waals surface area contributed by atoms with E-state index in [-0.39, 0.29) is 17.4 Å². The van der Waals surface area contributed by atoms with E-state index in [2.05, 4.69) is 0 Å². The lowest BCUT2D eigenvalue weighted by atomic mass is 10.1. The molecule has 0 amide bonds. The summed E-state index contributed by atoms with van der Waals surface area (Å²) < 4.78 is 26.6. The first-order valence-electron chi connectivity index (χ1n) is 5.46. The summed E-state index contributed by atoms with van der Waals surface area (Å²) in [6.45, 7) is 0. The lowest BCUT2D eigenvalue weighted by molar-refractivity contribution is 0.617. The maximum atomic E-state index is 13.6. The number of halogens is 2. The van der Waals surface area contributed by atoms with Crippen molar-refractivity contribution in [3.8, 4) is 6.07 Å². The van der Waals surface area contributed by atoms with Crippen LogP contribution in [0.15, 0.2) is 41.3 Å². The first kappa shape index (κ1) is 13.4. The molecule has 0 saturated carbocycles. The molecule has 2 rings (SSSR count). The normalized spacial score (nSPS) is 10.2. The van der Waals surface area contributed by atoms with Gasteiger partial charge in [-0.1, -0.05) is 0 Å². The van der Waals surface area contributed by atoms with Crippen molar-refractivity contribution >= 4 is 17.4 Å². The van der Waals surface area contributed by atoms with Gasteiger partial charge in [0.15, 0.2) is 0 Å². The van der Waals surface area contributed by atoms with Crippen molar-refractivity contribution in [2.45, 2.75) is 10.6 Å². The summed E-state index contributed by atoms with van der Waals surface area (Å²) in [5.41, 5.74) is 6.95. The molecule has 0 bridgehead atoms. The van der Waals surface area contributed by atoms with E-state index in [1.165, 1.54) is 48.2 Å². The highest BCUT2D eigenvalue weighted by atomic mass is 32.2. The molecule has 2 aromatic rings. The number of nitrogen functional groups attached to an aromatic ring is 1. The Morgan fingerprint density at radius 1 is 1.16 bits per heavy atom. The van der Waals surface area contributed by atoms with Crippen molar-refractivity contribution in [2.24, 2.45) is 0 Å². The minimum Gasteiger partial charge on any atom is -0.398 e. The van der Waals surface area contributed by atoms with Crippen molar-refractivity contribution in [1.29, 1.82) is 5.26 Å². The zero-order valence-electron chi connectivity index (χ0n) is 9.86. The molecule has 0 atom stereocenters. The third-order valence-electron chi connectivity index (χ3n) is 2.53. The molecule has 2 nitrogen and oxygen atoms in total. The third-order valence-corrected chi connectivity index (χ3v) is 3.65. The summed E-state index contributed by atoms with van der Waals surface area (Å²) in [6.07, 6.45) is 0. The zero-order valence-corrected chi connectivity index (χ0v) is 10.7. The van der Waals surface area contributed by atoms with Gasteiger partial charge in [0.2, 0.25) is 0 Å². The van der Waals surface area contributed by atoms with Crippen LogP contribution in [0.2, 0.25) is 0 Å². The summed E-state index contributed by atoms with van der Waals surface area (Å²) in [4.78, 5) is 0.557. The number of nitriles is 1. The SMILES string of the molecule is N#Cc1ccc(F)c(CSc2cc(F)ccc2N)c1. The van der Waals surface area contributed by atoms with Crippen molar-refractivity contribution in [2.75, 3.05) is 5.73 Å². The van der Waals surface area contributed by atoms with Crippen LogP contribution in [0, 0.1) is 23.0 Å². The van der Waals surface area contributed by atoms with Crippen molar-refractivity contribution in [3.63, 3.8) is 0 Å². The Labute approximate surface area is 113 Å². The largest absolute Gasteiger partial charge is 0.398 e. The lowest BCUT2D eigenvalue weighted by Gasteiger charge is -2.06. The Morgan fingerprint density at radius 3 is 2.68 bits per heavy atom. The van der Waals surface area contributed by atoms with Crippen LogP contribution < -0.4 is 5.73 Å². The third kappa shape index (κ3) is 3.24. The molecule has 0 aliphatic rings. The smallest absolute Gasteiger partial charge is 0.127 e. The maximum absolute atomic E-state index is 13.6. The summed E-state index contributed by atoms with van der Waals surface area (Å²) in [5.74, 6) is -0.487. The molecular formula is C14H10F2N2S. The molecule has 0 aromatic heterocycles. The molecule has 0 radical (unpaired) electrons. The monoisotopic (exact) mass is 276 g/mol. The molecular weight excluding hydrogens is 266 g/mol. The number of hydrogen-bond acceptors (Lipinski definition) is 3. The topological polar surface area (TPSA) is 49.8 Å². The van der Waals surface area contributed by atoms with Crippen molar-refractivity contribution in [3.05, 3.63) is 59.2 Å². The summed E-state index contributed by atoms with van der Waals surface area (Å²) in [6, 6.07) is 10.2. The van der Waals surface area contributed by atoms with Gasteiger partial charge in [0.25, 0.3) is 0 Å². The first-order valence-corrected chi connectivity index (χ1v) is 6.45. The van der Waals surface area contributed by atoms with Crippen LogP contribution >= 0.6 is 11.8 Å². The molecule has 19 heavy (non-hydrogen) atoms. The number of thioether (sulfide) groups is 1. The van der Waals surface area contributed by atoms with E-state index >= 15 is 0 Å². The van der Waals surface area contributed by atoms with E-state index in [1.807, 2.05) is 6.07 Å². The zero-order chi connectivity index (χ0) is 13.8. The number of nitrogens with zero attached hydrogens (tertiary/aromatic N) is 1. The molecule has 5 heteroatoms. The van der Waals surface area contributed by atoms with Gasteiger partial charge in [0.05, 0.1) is 11.6 Å². The molecule has 0 fully saturated rings. The molecule has 0 aliphatic heterocycles. The van der Waals surface area contributed by atoms with Crippen LogP contribution in [-0.2, 0) is 5.75 Å². The Bertz CT molecular complexity index is 650. The highest BCUT2D eigenvalue weighted by molar-refractivity contribution is 7.98. The number of anilines is 1. The summed E-state index contributed by atoms with van der Waals surface area (Å²) in [5, 5.41) is 8.77. The fourth-order valence-electron chi connectivity index (χ4n) is 1.54. The van der Waals surface area contributed by atoms with Gasteiger partial charge in [-0.2, -0.15) is 5.26 Å². The molecule has 2 N–H and O–H groups in total. The Hall–Kier alpha value is -2.06. The van der Waals surface area contributed by atoms with Crippen molar-refractivity contribution < 1.29 is 8.78 Å². The van der Waals surface area contributed by atoms with E-state index in [0.29, 0.717) is 21.7 Å². The van der Waals surface area contributed by atoms with Crippen LogP contribution in [0.3, 0.4) is 0 Å². The van der Waals surface area contributed by atoms with Crippen LogP contribution in [-0.4, -0.2) is 0 Å². The van der Waals surface area contributed by atoms with Gasteiger partial charge in [0, 0.05) is 16.3 Å². The Kier molecular flexibility index (Phi) is 4.03. The van der Waals surface area contributed by atoms with Gasteiger partial charge < -0.3 is 5.73 Å². The van der Waals surface area contributed by atoms with E-state index in [1.54, 1.807) is 0 Å².